The Hall–Kier alpha value is -1.66. The maximum Gasteiger partial charge on any atom is 0.305 e. The van der Waals surface area contributed by atoms with E-state index in [0.29, 0.717) is 25.9 Å². The molecule has 64 heavy (non-hydrogen) atoms. The number of amides is 1. The summed E-state index contributed by atoms with van der Waals surface area (Å²) in [6, 6.07) is -0.547. The van der Waals surface area contributed by atoms with E-state index in [1.165, 1.54) is 218 Å². The number of rotatable bonds is 53. The van der Waals surface area contributed by atoms with E-state index in [2.05, 4.69) is 43.5 Å². The number of unbranched alkanes of at least 4 members (excludes halogenated alkanes) is 38. The number of allylic oxidation sites excluding steroid dienone is 4. The standard InChI is InChI=1S/C58H111NO5/c1-3-5-7-9-11-13-15-17-19-20-23-26-30-34-38-42-46-50-56(61)55(54-60)59-57(62)51-47-43-39-35-31-27-24-21-22-25-29-33-37-41-45-49-53-64-58(63)52-48-44-40-36-32-28-18-16-14-12-10-8-6-4-2/h10,12,16,18,55-56,60-61H,3-9,11,13-15,17,19-54H2,1-2H3,(H,59,62)/b12-10-,18-16-. The molecule has 2 atom stereocenters. The van der Waals surface area contributed by atoms with Gasteiger partial charge in [-0.2, -0.15) is 0 Å². The Bertz CT molecular complexity index is 997. The van der Waals surface area contributed by atoms with Crippen molar-refractivity contribution in [1.29, 1.82) is 0 Å². The van der Waals surface area contributed by atoms with Crippen LogP contribution in [-0.4, -0.2) is 47.4 Å². The van der Waals surface area contributed by atoms with Crippen LogP contribution in [0.3, 0.4) is 0 Å². The Morgan fingerprint density at radius 1 is 0.438 bits per heavy atom. The van der Waals surface area contributed by atoms with Crippen molar-refractivity contribution in [2.45, 2.75) is 321 Å². The van der Waals surface area contributed by atoms with Crippen LogP contribution in [0.5, 0.6) is 0 Å². The van der Waals surface area contributed by atoms with Crippen molar-refractivity contribution in [3.8, 4) is 0 Å². The van der Waals surface area contributed by atoms with Gasteiger partial charge in [0.15, 0.2) is 0 Å². The van der Waals surface area contributed by atoms with Crippen molar-refractivity contribution in [3.05, 3.63) is 24.3 Å². The third-order valence-electron chi connectivity index (χ3n) is 13.3. The fraction of sp³-hybridized carbons (Fsp3) is 0.897. The molecule has 0 rings (SSSR count). The molecule has 2 unspecified atom stereocenters. The van der Waals surface area contributed by atoms with Crippen molar-refractivity contribution in [2.24, 2.45) is 0 Å². The normalized spacial score (nSPS) is 12.8. The van der Waals surface area contributed by atoms with E-state index in [4.69, 9.17) is 4.74 Å². The largest absolute Gasteiger partial charge is 0.466 e. The van der Waals surface area contributed by atoms with Gasteiger partial charge in [-0.1, -0.05) is 269 Å². The summed E-state index contributed by atoms with van der Waals surface area (Å²) in [6.07, 6.45) is 64.4. The fourth-order valence-corrected chi connectivity index (χ4v) is 8.83. The number of hydrogen-bond donors (Lipinski definition) is 3. The molecule has 0 bridgehead atoms. The second-order valence-electron chi connectivity index (χ2n) is 19.6. The predicted octanol–water partition coefficient (Wildman–Crippen LogP) is 17.5. The molecule has 378 valence electrons. The first-order valence-corrected chi connectivity index (χ1v) is 28.6. The number of aliphatic hydroxyl groups is 2. The molecule has 3 N–H and O–H groups in total. The van der Waals surface area contributed by atoms with E-state index in [1.807, 2.05) is 0 Å². The van der Waals surface area contributed by atoms with Crippen molar-refractivity contribution < 1.29 is 24.5 Å². The first-order chi connectivity index (χ1) is 31.5. The second kappa shape index (κ2) is 54.0. The predicted molar refractivity (Wildman–Crippen MR) is 278 cm³/mol. The minimum Gasteiger partial charge on any atom is -0.466 e. The Labute approximate surface area is 399 Å². The topological polar surface area (TPSA) is 95.9 Å². The van der Waals surface area contributed by atoms with E-state index in [1.54, 1.807) is 0 Å². The monoisotopic (exact) mass is 902 g/mol. The molecule has 1 amide bonds. The SMILES string of the molecule is CCCC/C=C\C/C=C\CCCCCCCC(=O)OCCCCCCCCCCCCCCCCCCC(=O)NC(CO)C(O)CCCCCCCCCCCCCCCCCCC. The van der Waals surface area contributed by atoms with Crippen molar-refractivity contribution >= 4 is 11.9 Å². The lowest BCUT2D eigenvalue weighted by Gasteiger charge is -2.22. The number of esters is 1. The molecule has 0 saturated carbocycles. The molecule has 0 spiro atoms. The Morgan fingerprint density at radius 2 is 0.797 bits per heavy atom. The summed E-state index contributed by atoms with van der Waals surface area (Å²) >= 11 is 0. The summed E-state index contributed by atoms with van der Waals surface area (Å²) in [5.74, 6) is -0.0514. The van der Waals surface area contributed by atoms with Crippen LogP contribution in [0, 0.1) is 0 Å². The lowest BCUT2D eigenvalue weighted by atomic mass is 10.0. The highest BCUT2D eigenvalue weighted by molar-refractivity contribution is 5.76. The van der Waals surface area contributed by atoms with E-state index < -0.39 is 12.1 Å². The van der Waals surface area contributed by atoms with Crippen LogP contribution < -0.4 is 5.32 Å². The number of aliphatic hydroxyl groups excluding tert-OH is 2. The van der Waals surface area contributed by atoms with Crippen LogP contribution in [0.25, 0.3) is 0 Å². The van der Waals surface area contributed by atoms with Gasteiger partial charge < -0.3 is 20.3 Å². The smallest absolute Gasteiger partial charge is 0.305 e. The molecular weight excluding hydrogens is 791 g/mol. The summed E-state index contributed by atoms with van der Waals surface area (Å²) in [5.41, 5.74) is 0. The van der Waals surface area contributed by atoms with E-state index in [0.717, 1.165) is 57.8 Å². The second-order valence-corrected chi connectivity index (χ2v) is 19.6. The van der Waals surface area contributed by atoms with Crippen molar-refractivity contribution in [3.63, 3.8) is 0 Å². The van der Waals surface area contributed by atoms with E-state index in [9.17, 15) is 19.8 Å². The van der Waals surface area contributed by atoms with Gasteiger partial charge in [0.2, 0.25) is 5.91 Å². The fourth-order valence-electron chi connectivity index (χ4n) is 8.83. The zero-order chi connectivity index (χ0) is 46.5. The molecule has 0 aliphatic heterocycles. The van der Waals surface area contributed by atoms with Gasteiger partial charge >= 0.3 is 5.97 Å². The molecule has 6 heteroatoms. The van der Waals surface area contributed by atoms with Crippen LogP contribution in [0.1, 0.15) is 309 Å². The average molecular weight is 903 g/mol. The zero-order valence-electron chi connectivity index (χ0n) is 43.0. The minimum atomic E-state index is -0.669. The summed E-state index contributed by atoms with van der Waals surface area (Å²) < 4.78 is 5.46. The number of carbonyl (C=O) groups excluding carboxylic acids is 2. The van der Waals surface area contributed by atoms with Crippen molar-refractivity contribution in [2.75, 3.05) is 13.2 Å². The summed E-state index contributed by atoms with van der Waals surface area (Å²) in [6.45, 7) is 4.91. The lowest BCUT2D eigenvalue weighted by molar-refractivity contribution is -0.143. The lowest BCUT2D eigenvalue weighted by Crippen LogP contribution is -2.45. The first kappa shape index (κ1) is 62.3. The van der Waals surface area contributed by atoms with Crippen LogP contribution in [0.4, 0.5) is 0 Å². The van der Waals surface area contributed by atoms with Gasteiger partial charge in [0.1, 0.15) is 0 Å². The third-order valence-corrected chi connectivity index (χ3v) is 13.3. The zero-order valence-corrected chi connectivity index (χ0v) is 43.0. The molecule has 0 heterocycles. The molecule has 0 aromatic carbocycles. The van der Waals surface area contributed by atoms with Crippen LogP contribution >= 0.6 is 0 Å². The Balaban J connectivity index is 3.43. The van der Waals surface area contributed by atoms with Crippen molar-refractivity contribution in [1.82, 2.24) is 5.32 Å². The van der Waals surface area contributed by atoms with Gasteiger partial charge in [0, 0.05) is 12.8 Å². The average Bonchev–Trinajstić information content (AvgIpc) is 3.29. The van der Waals surface area contributed by atoms with Gasteiger partial charge in [0.25, 0.3) is 0 Å². The molecule has 0 fully saturated rings. The van der Waals surface area contributed by atoms with E-state index in [-0.39, 0.29) is 18.5 Å². The highest BCUT2D eigenvalue weighted by Crippen LogP contribution is 2.17. The Morgan fingerprint density at radius 3 is 1.23 bits per heavy atom. The van der Waals surface area contributed by atoms with Crippen LogP contribution in [-0.2, 0) is 14.3 Å². The Kier molecular flexibility index (Phi) is 52.6. The number of hydrogen-bond acceptors (Lipinski definition) is 5. The quantitative estimate of drug-likeness (QED) is 0.0321. The maximum absolute atomic E-state index is 12.5. The molecule has 0 radical (unpaired) electrons. The molecule has 0 aliphatic rings. The van der Waals surface area contributed by atoms with Gasteiger partial charge in [-0.15, -0.1) is 0 Å². The van der Waals surface area contributed by atoms with Crippen LogP contribution in [0.2, 0.25) is 0 Å². The minimum absolute atomic E-state index is 0.0111. The summed E-state index contributed by atoms with van der Waals surface area (Å²) in [5, 5.41) is 23.3. The molecule has 6 nitrogen and oxygen atoms in total. The maximum atomic E-state index is 12.5. The summed E-state index contributed by atoms with van der Waals surface area (Å²) in [7, 11) is 0. The number of ether oxygens (including phenoxy) is 1. The van der Waals surface area contributed by atoms with Gasteiger partial charge in [0.05, 0.1) is 25.4 Å². The van der Waals surface area contributed by atoms with Gasteiger partial charge in [-0.3, -0.25) is 9.59 Å². The van der Waals surface area contributed by atoms with E-state index >= 15 is 0 Å². The number of carbonyl (C=O) groups is 2. The van der Waals surface area contributed by atoms with Crippen LogP contribution in [0.15, 0.2) is 24.3 Å². The first-order valence-electron chi connectivity index (χ1n) is 28.6. The molecule has 0 aliphatic carbocycles. The number of nitrogens with one attached hydrogen (secondary N) is 1. The molecule has 0 saturated heterocycles. The van der Waals surface area contributed by atoms with Gasteiger partial charge in [-0.25, -0.2) is 0 Å². The summed E-state index contributed by atoms with van der Waals surface area (Å²) in [4.78, 5) is 24.5. The molecular formula is C58H111NO5. The highest BCUT2D eigenvalue weighted by Gasteiger charge is 2.20. The third kappa shape index (κ3) is 49.8. The molecule has 0 aromatic rings. The van der Waals surface area contributed by atoms with Gasteiger partial charge in [-0.05, 0) is 51.4 Å². The highest BCUT2D eigenvalue weighted by atomic mass is 16.5. The molecule has 0 aromatic heterocycles.